The average Bonchev–Trinajstić information content (AvgIpc) is 2.53. The molecule has 3 rings (SSSR count). The third kappa shape index (κ3) is 2.42. The van der Waals surface area contributed by atoms with Gasteiger partial charge in [-0.15, -0.1) is 0 Å². The maximum atomic E-state index is 9.63. The summed E-state index contributed by atoms with van der Waals surface area (Å²) in [5.74, 6) is 2.15. The van der Waals surface area contributed by atoms with Crippen LogP contribution in [-0.4, -0.2) is 18.8 Å². The minimum Gasteiger partial charge on any atom is -0.496 e. The first-order valence-corrected chi connectivity index (χ1v) is 8.93. The number of hydrogen-bond acceptors (Lipinski definition) is 2. The molecule has 0 aliphatic heterocycles. The molecule has 23 heavy (non-hydrogen) atoms. The number of allylic oxidation sites excluding steroid dienone is 1. The number of hydrogen-bond donors (Lipinski definition) is 1. The van der Waals surface area contributed by atoms with Crippen molar-refractivity contribution >= 4 is 0 Å². The summed E-state index contributed by atoms with van der Waals surface area (Å²) in [6, 6.07) is 4.63. The summed E-state index contributed by atoms with van der Waals surface area (Å²) in [6.45, 7) is 9.35. The molecular formula is C21H30O2. The second kappa shape index (κ2) is 5.98. The molecule has 1 aromatic carbocycles. The summed E-state index contributed by atoms with van der Waals surface area (Å²) >= 11 is 0. The lowest BCUT2D eigenvalue weighted by atomic mass is 9.56. The van der Waals surface area contributed by atoms with E-state index >= 15 is 0 Å². The molecule has 1 aromatic rings. The average molecular weight is 314 g/mol. The van der Waals surface area contributed by atoms with Crippen LogP contribution in [0.15, 0.2) is 23.3 Å². The molecule has 0 heterocycles. The lowest BCUT2D eigenvalue weighted by molar-refractivity contribution is 0.235. The van der Waals surface area contributed by atoms with Crippen molar-refractivity contribution < 1.29 is 9.84 Å². The van der Waals surface area contributed by atoms with Crippen molar-refractivity contribution in [3.8, 4) is 5.75 Å². The van der Waals surface area contributed by atoms with Gasteiger partial charge in [0.1, 0.15) is 5.75 Å². The fourth-order valence-corrected chi connectivity index (χ4v) is 4.98. The molecule has 0 fully saturated rings. The van der Waals surface area contributed by atoms with E-state index in [0.29, 0.717) is 11.8 Å². The van der Waals surface area contributed by atoms with Crippen molar-refractivity contribution in [3.05, 3.63) is 40.0 Å². The first kappa shape index (κ1) is 16.6. The Morgan fingerprint density at radius 2 is 2.04 bits per heavy atom. The monoisotopic (exact) mass is 314 g/mol. The third-order valence-electron chi connectivity index (χ3n) is 6.40. The Morgan fingerprint density at radius 1 is 1.30 bits per heavy atom. The number of aliphatic hydroxyl groups is 1. The molecule has 0 unspecified atom stereocenters. The molecule has 2 atom stereocenters. The Labute approximate surface area is 140 Å². The summed E-state index contributed by atoms with van der Waals surface area (Å²) in [4.78, 5) is 0. The maximum Gasteiger partial charge on any atom is 0.125 e. The molecule has 2 aliphatic rings. The van der Waals surface area contributed by atoms with Gasteiger partial charge in [0, 0.05) is 0 Å². The van der Waals surface area contributed by atoms with Crippen LogP contribution in [0.3, 0.4) is 0 Å². The van der Waals surface area contributed by atoms with Crippen LogP contribution in [0, 0.1) is 5.92 Å². The SMILES string of the molecule is COc1c(C(C)C)ccc2c1CC[C@@H]1C(C)=C(CO)CC[C@@]21C. The molecule has 2 nitrogen and oxygen atoms in total. The van der Waals surface area contributed by atoms with Gasteiger partial charge in [-0.2, -0.15) is 0 Å². The number of fused-ring (bicyclic) bond motifs is 3. The highest BCUT2D eigenvalue weighted by Gasteiger charge is 2.44. The van der Waals surface area contributed by atoms with Crippen molar-refractivity contribution in [2.75, 3.05) is 13.7 Å². The Kier molecular flexibility index (Phi) is 4.31. The number of aliphatic hydroxyl groups excluding tert-OH is 1. The summed E-state index contributed by atoms with van der Waals surface area (Å²) in [7, 11) is 1.81. The number of ether oxygens (including phenoxy) is 1. The Hall–Kier alpha value is -1.28. The molecule has 0 spiro atoms. The fourth-order valence-electron chi connectivity index (χ4n) is 4.98. The lowest BCUT2D eigenvalue weighted by Gasteiger charge is -2.48. The standard InChI is InChI=1S/C21H30O2/c1-13(2)16-6-9-19-17(20(16)23-5)7-8-18-14(3)15(12-22)10-11-21(18,19)4/h6,9,13,18,22H,7-8,10-12H2,1-5H3/t18-,21-/m1/s1. The molecule has 0 bridgehead atoms. The number of methoxy groups -OCH3 is 1. The largest absolute Gasteiger partial charge is 0.496 e. The smallest absolute Gasteiger partial charge is 0.125 e. The van der Waals surface area contributed by atoms with E-state index in [4.69, 9.17) is 4.74 Å². The summed E-state index contributed by atoms with van der Waals surface area (Å²) in [5.41, 5.74) is 7.11. The zero-order chi connectivity index (χ0) is 16.8. The molecule has 126 valence electrons. The second-order valence-electron chi connectivity index (χ2n) is 7.82. The molecular weight excluding hydrogens is 284 g/mol. The number of benzene rings is 1. The first-order valence-electron chi connectivity index (χ1n) is 8.93. The highest BCUT2D eigenvalue weighted by atomic mass is 16.5. The van der Waals surface area contributed by atoms with Crippen LogP contribution in [0.5, 0.6) is 5.75 Å². The predicted octanol–water partition coefficient (Wildman–Crippen LogP) is 4.74. The quantitative estimate of drug-likeness (QED) is 0.816. The van der Waals surface area contributed by atoms with Crippen molar-refractivity contribution in [2.24, 2.45) is 5.92 Å². The van der Waals surface area contributed by atoms with Crippen molar-refractivity contribution in [3.63, 3.8) is 0 Å². The van der Waals surface area contributed by atoms with Crippen molar-refractivity contribution in [2.45, 2.75) is 64.7 Å². The van der Waals surface area contributed by atoms with E-state index in [1.54, 1.807) is 0 Å². The molecule has 0 amide bonds. The van der Waals surface area contributed by atoms with Crippen LogP contribution >= 0.6 is 0 Å². The van der Waals surface area contributed by atoms with Crippen LogP contribution in [0.1, 0.15) is 69.6 Å². The molecule has 1 N–H and O–H groups in total. The van der Waals surface area contributed by atoms with E-state index in [-0.39, 0.29) is 12.0 Å². The second-order valence-corrected chi connectivity index (χ2v) is 7.82. The minimum absolute atomic E-state index is 0.180. The van der Waals surface area contributed by atoms with Gasteiger partial charge in [0.15, 0.2) is 0 Å². The van der Waals surface area contributed by atoms with Crippen LogP contribution in [0.4, 0.5) is 0 Å². The Bertz CT molecular complexity index is 641. The summed E-state index contributed by atoms with van der Waals surface area (Å²) in [6.07, 6.45) is 4.39. The topological polar surface area (TPSA) is 29.5 Å². The highest BCUT2D eigenvalue weighted by Crippen LogP contribution is 2.54. The zero-order valence-electron chi connectivity index (χ0n) is 15.2. The first-order chi connectivity index (χ1) is 10.9. The minimum atomic E-state index is 0.180. The fraction of sp³-hybridized carbons (Fsp3) is 0.619. The highest BCUT2D eigenvalue weighted by molar-refractivity contribution is 5.53. The van der Waals surface area contributed by atoms with Gasteiger partial charge in [-0.25, -0.2) is 0 Å². The number of rotatable bonds is 3. The van der Waals surface area contributed by atoms with Crippen LogP contribution in [0.2, 0.25) is 0 Å². The van der Waals surface area contributed by atoms with Crippen LogP contribution in [0.25, 0.3) is 0 Å². The molecule has 0 saturated carbocycles. The normalized spacial score (nSPS) is 27.0. The summed E-state index contributed by atoms with van der Waals surface area (Å²) in [5, 5.41) is 9.63. The van der Waals surface area contributed by atoms with E-state index in [2.05, 4.69) is 39.8 Å². The van der Waals surface area contributed by atoms with Crippen molar-refractivity contribution in [1.29, 1.82) is 0 Å². The van der Waals surface area contributed by atoms with Gasteiger partial charge >= 0.3 is 0 Å². The van der Waals surface area contributed by atoms with E-state index in [1.807, 2.05) is 7.11 Å². The predicted molar refractivity (Wildman–Crippen MR) is 95.3 cm³/mol. The van der Waals surface area contributed by atoms with E-state index in [1.165, 1.54) is 27.8 Å². The van der Waals surface area contributed by atoms with Gasteiger partial charge in [0.2, 0.25) is 0 Å². The molecule has 0 radical (unpaired) electrons. The molecule has 2 heteroatoms. The van der Waals surface area contributed by atoms with E-state index < -0.39 is 0 Å². The van der Waals surface area contributed by atoms with Gasteiger partial charge in [0.25, 0.3) is 0 Å². The molecule has 0 aromatic heterocycles. The lowest BCUT2D eigenvalue weighted by Crippen LogP contribution is -2.41. The molecule has 0 saturated heterocycles. The maximum absolute atomic E-state index is 9.63. The van der Waals surface area contributed by atoms with Gasteiger partial charge in [0.05, 0.1) is 13.7 Å². The van der Waals surface area contributed by atoms with Gasteiger partial charge in [-0.1, -0.05) is 38.5 Å². The van der Waals surface area contributed by atoms with Gasteiger partial charge in [-0.3, -0.25) is 0 Å². The van der Waals surface area contributed by atoms with Crippen LogP contribution < -0.4 is 4.74 Å². The van der Waals surface area contributed by atoms with E-state index in [9.17, 15) is 5.11 Å². The van der Waals surface area contributed by atoms with Crippen molar-refractivity contribution in [1.82, 2.24) is 0 Å². The van der Waals surface area contributed by atoms with E-state index in [0.717, 1.165) is 31.4 Å². The summed E-state index contributed by atoms with van der Waals surface area (Å²) < 4.78 is 5.85. The van der Waals surface area contributed by atoms with Gasteiger partial charge in [-0.05, 0) is 72.1 Å². The molecule has 2 aliphatic carbocycles. The Balaban J connectivity index is 2.14. The van der Waals surface area contributed by atoms with Gasteiger partial charge < -0.3 is 9.84 Å². The zero-order valence-corrected chi connectivity index (χ0v) is 15.2. The third-order valence-corrected chi connectivity index (χ3v) is 6.40. The van der Waals surface area contributed by atoms with Crippen LogP contribution in [-0.2, 0) is 11.8 Å². The Morgan fingerprint density at radius 3 is 2.65 bits per heavy atom.